The maximum atomic E-state index is 11.3. The Morgan fingerprint density at radius 1 is 1.00 bits per heavy atom. The van der Waals surface area contributed by atoms with Crippen LogP contribution in [0, 0.1) is 0 Å². The van der Waals surface area contributed by atoms with E-state index >= 15 is 0 Å². The Balaban J connectivity index is 2.75. The zero-order valence-electron chi connectivity index (χ0n) is 9.10. The molecule has 0 fully saturated rings. The van der Waals surface area contributed by atoms with E-state index in [0.717, 1.165) is 0 Å². The fourth-order valence-corrected chi connectivity index (χ4v) is 1.42. The first-order chi connectivity index (χ1) is 7.97. The average Bonchev–Trinajstić information content (AvgIpc) is 2.23. The Morgan fingerprint density at radius 3 is 1.76 bits per heavy atom. The maximum absolute atomic E-state index is 11.3. The summed E-state index contributed by atoms with van der Waals surface area (Å²) in [7, 11) is 0. The minimum absolute atomic E-state index is 0.0711. The van der Waals surface area contributed by atoms with Crippen molar-refractivity contribution in [1.82, 2.24) is 4.98 Å². The smallest absolute Gasteiger partial charge is 0.303 e. The highest BCUT2D eigenvalue weighted by atomic mass is 16.4. The SMILES string of the molecule is O=C(O)CCc1cc(=O)cc(CCC(=O)O)[nH]1. The number of carboxylic acid groups (broad SMARTS) is 2. The zero-order valence-corrected chi connectivity index (χ0v) is 9.10. The first kappa shape index (κ1) is 13.0. The molecule has 6 heteroatoms. The van der Waals surface area contributed by atoms with Gasteiger partial charge in [0, 0.05) is 23.5 Å². The molecule has 0 saturated carbocycles. The minimum atomic E-state index is -0.943. The Kier molecular flexibility index (Phi) is 4.45. The van der Waals surface area contributed by atoms with Gasteiger partial charge in [0.05, 0.1) is 12.8 Å². The topological polar surface area (TPSA) is 107 Å². The van der Waals surface area contributed by atoms with Gasteiger partial charge in [0.2, 0.25) is 0 Å². The third kappa shape index (κ3) is 4.96. The number of carbonyl (C=O) groups is 2. The van der Waals surface area contributed by atoms with E-state index in [9.17, 15) is 14.4 Å². The number of aromatic amines is 1. The van der Waals surface area contributed by atoms with Crippen LogP contribution in [0.1, 0.15) is 24.2 Å². The van der Waals surface area contributed by atoms with Gasteiger partial charge >= 0.3 is 11.9 Å². The minimum Gasteiger partial charge on any atom is -0.481 e. The number of pyridine rings is 1. The standard InChI is InChI=1S/C11H13NO5/c13-9-5-7(1-3-10(14)15)12-8(6-9)2-4-11(16)17/h5-6H,1-4H2,(H,12,13)(H,14,15)(H,16,17). The van der Waals surface area contributed by atoms with Gasteiger partial charge in [-0.25, -0.2) is 0 Å². The van der Waals surface area contributed by atoms with E-state index < -0.39 is 11.9 Å². The number of rotatable bonds is 6. The molecule has 0 aromatic carbocycles. The molecular formula is C11H13NO5. The van der Waals surface area contributed by atoms with E-state index in [1.165, 1.54) is 12.1 Å². The summed E-state index contributed by atoms with van der Waals surface area (Å²) >= 11 is 0. The number of H-pyrrole nitrogens is 1. The lowest BCUT2D eigenvalue weighted by atomic mass is 10.1. The van der Waals surface area contributed by atoms with Gasteiger partial charge in [-0.15, -0.1) is 0 Å². The second-order valence-corrected chi connectivity index (χ2v) is 3.65. The predicted molar refractivity (Wildman–Crippen MR) is 59.0 cm³/mol. The van der Waals surface area contributed by atoms with Crippen LogP contribution in [0.15, 0.2) is 16.9 Å². The van der Waals surface area contributed by atoms with Crippen LogP contribution < -0.4 is 5.43 Å². The maximum Gasteiger partial charge on any atom is 0.303 e. The molecule has 0 saturated heterocycles. The Morgan fingerprint density at radius 2 is 1.41 bits per heavy atom. The second kappa shape index (κ2) is 5.83. The summed E-state index contributed by atoms with van der Waals surface area (Å²) in [5.41, 5.74) is 0.783. The summed E-state index contributed by atoms with van der Waals surface area (Å²) in [6.45, 7) is 0. The van der Waals surface area contributed by atoms with Gasteiger partial charge in [0.25, 0.3) is 0 Å². The quantitative estimate of drug-likeness (QED) is 0.666. The van der Waals surface area contributed by atoms with Gasteiger partial charge in [0.1, 0.15) is 0 Å². The molecule has 0 atom stereocenters. The molecule has 0 amide bonds. The molecule has 3 N–H and O–H groups in total. The van der Waals surface area contributed by atoms with E-state index in [0.29, 0.717) is 11.4 Å². The lowest BCUT2D eigenvalue weighted by Gasteiger charge is -2.03. The summed E-state index contributed by atoms with van der Waals surface area (Å²) in [6, 6.07) is 2.65. The summed E-state index contributed by atoms with van der Waals surface area (Å²) in [5.74, 6) is -1.89. The van der Waals surface area contributed by atoms with Crippen molar-refractivity contribution in [2.45, 2.75) is 25.7 Å². The monoisotopic (exact) mass is 239 g/mol. The summed E-state index contributed by atoms with van der Waals surface area (Å²) in [4.78, 5) is 34.9. The highest BCUT2D eigenvalue weighted by Crippen LogP contribution is 2.02. The molecule has 0 radical (unpaired) electrons. The highest BCUT2D eigenvalue weighted by molar-refractivity contribution is 5.67. The number of aromatic nitrogens is 1. The normalized spacial score (nSPS) is 10.1. The summed E-state index contributed by atoms with van der Waals surface area (Å²) in [5, 5.41) is 17.0. The van der Waals surface area contributed by atoms with Crippen molar-refractivity contribution in [3.63, 3.8) is 0 Å². The molecule has 1 aromatic rings. The first-order valence-electron chi connectivity index (χ1n) is 5.13. The Hall–Kier alpha value is -2.11. The number of carboxylic acids is 2. The third-order valence-corrected chi connectivity index (χ3v) is 2.17. The molecule has 0 unspecified atom stereocenters. The predicted octanol–water partition coefficient (Wildman–Crippen LogP) is 0.409. The van der Waals surface area contributed by atoms with Crippen LogP contribution in [0.4, 0.5) is 0 Å². The molecule has 6 nitrogen and oxygen atoms in total. The molecule has 0 aliphatic heterocycles. The van der Waals surface area contributed by atoms with Crippen molar-refractivity contribution in [1.29, 1.82) is 0 Å². The van der Waals surface area contributed by atoms with Gasteiger partial charge in [0.15, 0.2) is 5.43 Å². The number of aliphatic carboxylic acids is 2. The summed E-state index contributed by atoms with van der Waals surface area (Å²) < 4.78 is 0. The van der Waals surface area contributed by atoms with Crippen molar-refractivity contribution in [3.8, 4) is 0 Å². The van der Waals surface area contributed by atoms with Crippen LogP contribution in [0.2, 0.25) is 0 Å². The third-order valence-electron chi connectivity index (χ3n) is 2.17. The molecule has 1 rings (SSSR count). The number of hydrogen-bond donors (Lipinski definition) is 3. The highest BCUT2D eigenvalue weighted by Gasteiger charge is 2.04. The lowest BCUT2D eigenvalue weighted by Crippen LogP contribution is -2.09. The van der Waals surface area contributed by atoms with Crippen LogP contribution in [-0.4, -0.2) is 27.1 Å². The lowest BCUT2D eigenvalue weighted by molar-refractivity contribution is -0.137. The number of aryl methyl sites for hydroxylation is 2. The van der Waals surface area contributed by atoms with E-state index in [4.69, 9.17) is 10.2 Å². The molecule has 92 valence electrons. The molecule has 17 heavy (non-hydrogen) atoms. The fourth-order valence-electron chi connectivity index (χ4n) is 1.42. The number of hydrogen-bond acceptors (Lipinski definition) is 3. The average molecular weight is 239 g/mol. The molecular weight excluding hydrogens is 226 g/mol. The van der Waals surface area contributed by atoms with Crippen molar-refractivity contribution >= 4 is 11.9 Å². The molecule has 0 aliphatic rings. The van der Waals surface area contributed by atoms with Crippen LogP contribution in [0.3, 0.4) is 0 Å². The Labute approximate surface area is 96.9 Å². The van der Waals surface area contributed by atoms with Crippen molar-refractivity contribution in [3.05, 3.63) is 33.7 Å². The van der Waals surface area contributed by atoms with E-state index in [1.54, 1.807) is 0 Å². The van der Waals surface area contributed by atoms with Crippen molar-refractivity contribution in [2.24, 2.45) is 0 Å². The van der Waals surface area contributed by atoms with Gasteiger partial charge in [-0.05, 0) is 12.8 Å². The van der Waals surface area contributed by atoms with Gasteiger partial charge < -0.3 is 15.2 Å². The molecule has 1 heterocycles. The van der Waals surface area contributed by atoms with E-state index in [2.05, 4.69) is 4.98 Å². The Bertz CT molecular complexity index is 438. The molecule has 0 aliphatic carbocycles. The van der Waals surface area contributed by atoms with Crippen LogP contribution >= 0.6 is 0 Å². The van der Waals surface area contributed by atoms with Crippen LogP contribution in [-0.2, 0) is 22.4 Å². The van der Waals surface area contributed by atoms with Gasteiger partial charge in [-0.3, -0.25) is 14.4 Å². The van der Waals surface area contributed by atoms with Crippen LogP contribution in [0.25, 0.3) is 0 Å². The van der Waals surface area contributed by atoms with Crippen molar-refractivity contribution < 1.29 is 19.8 Å². The van der Waals surface area contributed by atoms with E-state index in [1.807, 2.05) is 0 Å². The molecule has 0 spiro atoms. The van der Waals surface area contributed by atoms with Gasteiger partial charge in [-0.1, -0.05) is 0 Å². The summed E-state index contributed by atoms with van der Waals surface area (Å²) in [6.07, 6.45) is 0.313. The molecule has 0 bridgehead atoms. The van der Waals surface area contributed by atoms with Crippen molar-refractivity contribution in [2.75, 3.05) is 0 Å². The van der Waals surface area contributed by atoms with Crippen LogP contribution in [0.5, 0.6) is 0 Å². The first-order valence-corrected chi connectivity index (χ1v) is 5.13. The zero-order chi connectivity index (χ0) is 12.8. The van der Waals surface area contributed by atoms with Gasteiger partial charge in [-0.2, -0.15) is 0 Å². The molecule has 1 aromatic heterocycles. The van der Waals surface area contributed by atoms with E-state index in [-0.39, 0.29) is 31.1 Å². The fraction of sp³-hybridized carbons (Fsp3) is 0.364. The largest absolute Gasteiger partial charge is 0.481 e. The second-order valence-electron chi connectivity index (χ2n) is 3.65. The number of nitrogens with one attached hydrogen (secondary N) is 1.